The van der Waals surface area contributed by atoms with Crippen LogP contribution in [0.5, 0.6) is 5.75 Å². The van der Waals surface area contributed by atoms with Crippen LogP contribution in [-0.2, 0) is 0 Å². The van der Waals surface area contributed by atoms with Crippen molar-refractivity contribution in [3.8, 4) is 27.9 Å². The van der Waals surface area contributed by atoms with Gasteiger partial charge in [0, 0.05) is 5.56 Å². The van der Waals surface area contributed by atoms with Crippen LogP contribution in [0.3, 0.4) is 0 Å². The van der Waals surface area contributed by atoms with Crippen LogP contribution < -0.4 is 10.1 Å². The summed E-state index contributed by atoms with van der Waals surface area (Å²) in [6, 6.07) is 14.9. The quantitative estimate of drug-likeness (QED) is 0.515. The maximum Gasteiger partial charge on any atom is 0.270 e. The summed E-state index contributed by atoms with van der Waals surface area (Å²) in [5.74, 6) is 1.08. The summed E-state index contributed by atoms with van der Waals surface area (Å²) in [6.45, 7) is 3.84. The number of ether oxygens (including phenoxy) is 1. The molecule has 0 atom stereocenters. The topological polar surface area (TPSA) is 90.1 Å². The number of rotatable bonds is 5. The minimum Gasteiger partial charge on any atom is -0.496 e. The zero-order valence-electron chi connectivity index (χ0n) is 16.1. The Kier molecular flexibility index (Phi) is 5.09. The summed E-state index contributed by atoms with van der Waals surface area (Å²) < 4.78 is 10.7. The molecule has 4 rings (SSSR count). The van der Waals surface area contributed by atoms with Crippen LogP contribution >= 0.6 is 11.3 Å². The Balaban J connectivity index is 1.58. The van der Waals surface area contributed by atoms with Crippen LogP contribution in [-0.4, -0.2) is 28.1 Å². The van der Waals surface area contributed by atoms with Gasteiger partial charge in [-0.2, -0.15) is 4.98 Å². The molecule has 0 bridgehead atoms. The second kappa shape index (κ2) is 7.84. The molecule has 7 nitrogen and oxygen atoms in total. The molecule has 4 aromatic rings. The highest BCUT2D eigenvalue weighted by atomic mass is 32.1. The maximum absolute atomic E-state index is 12.6. The first-order valence-electron chi connectivity index (χ1n) is 8.88. The first-order chi connectivity index (χ1) is 14.0. The molecule has 0 aliphatic rings. The van der Waals surface area contributed by atoms with Crippen LogP contribution in [0.4, 0.5) is 5.13 Å². The highest BCUT2D eigenvalue weighted by molar-refractivity contribution is 7.19. The van der Waals surface area contributed by atoms with Crippen molar-refractivity contribution in [1.29, 1.82) is 0 Å². The number of methoxy groups -OCH3 is 1. The maximum atomic E-state index is 12.6. The van der Waals surface area contributed by atoms with Gasteiger partial charge < -0.3 is 9.26 Å². The summed E-state index contributed by atoms with van der Waals surface area (Å²) in [4.78, 5) is 22.2. The Morgan fingerprint density at radius 3 is 2.72 bits per heavy atom. The lowest BCUT2D eigenvalue weighted by Crippen LogP contribution is -2.12. The third kappa shape index (κ3) is 3.88. The Morgan fingerprint density at radius 1 is 1.10 bits per heavy atom. The van der Waals surface area contributed by atoms with E-state index in [1.807, 2.05) is 44.2 Å². The van der Waals surface area contributed by atoms with Crippen LogP contribution in [0.1, 0.15) is 21.6 Å². The van der Waals surface area contributed by atoms with Gasteiger partial charge in [0.1, 0.15) is 10.6 Å². The second-order valence-electron chi connectivity index (χ2n) is 6.38. The lowest BCUT2D eigenvalue weighted by atomic mass is 10.1. The normalized spacial score (nSPS) is 10.7. The van der Waals surface area contributed by atoms with E-state index in [-0.39, 0.29) is 5.91 Å². The molecule has 0 aliphatic heterocycles. The summed E-state index contributed by atoms with van der Waals surface area (Å²) in [5.41, 5.74) is 3.13. The molecule has 2 aromatic heterocycles. The Hall–Kier alpha value is -3.52. The van der Waals surface area contributed by atoms with E-state index < -0.39 is 0 Å². The number of amides is 1. The molecule has 0 unspecified atom stereocenters. The number of anilines is 1. The molecule has 146 valence electrons. The Bertz CT molecular complexity index is 1180. The van der Waals surface area contributed by atoms with Gasteiger partial charge in [0.05, 0.1) is 18.4 Å². The SMILES string of the molecule is COc1ccccc1C(=O)Nc1nc(C)c(-c2nc(-c3cccc(C)c3)no2)s1. The number of aromatic nitrogens is 3. The molecule has 0 aliphatic carbocycles. The van der Waals surface area contributed by atoms with Gasteiger partial charge >= 0.3 is 0 Å². The first-order valence-corrected chi connectivity index (χ1v) is 9.69. The summed E-state index contributed by atoms with van der Waals surface area (Å²) >= 11 is 1.28. The number of benzene rings is 2. The average molecular weight is 406 g/mol. The molecular weight excluding hydrogens is 388 g/mol. The monoisotopic (exact) mass is 406 g/mol. The van der Waals surface area contributed by atoms with Crippen molar-refractivity contribution in [3.05, 3.63) is 65.4 Å². The Labute approximate surface area is 171 Å². The molecule has 0 spiro atoms. The molecule has 1 N–H and O–H groups in total. The number of hydrogen-bond acceptors (Lipinski definition) is 7. The van der Waals surface area contributed by atoms with Crippen LogP contribution in [0.15, 0.2) is 53.1 Å². The second-order valence-corrected chi connectivity index (χ2v) is 7.38. The predicted molar refractivity (Wildman–Crippen MR) is 111 cm³/mol. The molecule has 1 amide bonds. The third-order valence-corrected chi connectivity index (χ3v) is 5.33. The molecule has 0 saturated heterocycles. The van der Waals surface area contributed by atoms with Gasteiger partial charge in [-0.25, -0.2) is 4.98 Å². The minimum atomic E-state index is -0.297. The van der Waals surface area contributed by atoms with Gasteiger partial charge in [0.25, 0.3) is 11.8 Å². The standard InChI is InChI=1S/C21H18N4O3S/c1-12-7-6-8-14(11-12)18-23-20(28-25-18)17-13(2)22-21(29-17)24-19(26)15-9-4-5-10-16(15)27-3/h4-11H,1-3H3,(H,22,24,26). The van der Waals surface area contributed by atoms with E-state index in [1.165, 1.54) is 18.4 Å². The van der Waals surface area contributed by atoms with Crippen molar-refractivity contribution in [3.63, 3.8) is 0 Å². The molecule has 0 fully saturated rings. The van der Waals surface area contributed by atoms with Gasteiger partial charge in [0.2, 0.25) is 5.82 Å². The van der Waals surface area contributed by atoms with E-state index in [0.29, 0.717) is 38.7 Å². The molecule has 2 aromatic carbocycles. The molecule has 8 heteroatoms. The number of thiazole rings is 1. The van der Waals surface area contributed by atoms with Gasteiger partial charge in [0.15, 0.2) is 5.13 Å². The first kappa shape index (κ1) is 18.8. The van der Waals surface area contributed by atoms with E-state index >= 15 is 0 Å². The number of nitrogens with one attached hydrogen (secondary N) is 1. The number of carbonyl (C=O) groups is 1. The average Bonchev–Trinajstić information content (AvgIpc) is 3.34. The fourth-order valence-electron chi connectivity index (χ4n) is 2.86. The van der Waals surface area contributed by atoms with Crippen molar-refractivity contribution >= 4 is 22.4 Å². The van der Waals surface area contributed by atoms with Crippen LogP contribution in [0, 0.1) is 13.8 Å². The van der Waals surface area contributed by atoms with E-state index in [9.17, 15) is 4.79 Å². The lowest BCUT2D eigenvalue weighted by Gasteiger charge is -2.06. The number of nitrogens with zero attached hydrogens (tertiary/aromatic N) is 3. The third-order valence-electron chi connectivity index (χ3n) is 4.27. The van der Waals surface area contributed by atoms with Gasteiger partial charge in [-0.05, 0) is 32.0 Å². The summed E-state index contributed by atoms with van der Waals surface area (Å²) in [5, 5.41) is 7.33. The van der Waals surface area contributed by atoms with E-state index in [4.69, 9.17) is 9.26 Å². The summed E-state index contributed by atoms with van der Waals surface area (Å²) in [6.07, 6.45) is 0. The number of carbonyl (C=O) groups excluding carboxylic acids is 1. The van der Waals surface area contributed by atoms with Crippen molar-refractivity contribution in [2.45, 2.75) is 13.8 Å². The molecule has 29 heavy (non-hydrogen) atoms. The van der Waals surface area contributed by atoms with Crippen molar-refractivity contribution in [1.82, 2.24) is 15.1 Å². The largest absolute Gasteiger partial charge is 0.496 e. The van der Waals surface area contributed by atoms with Crippen molar-refractivity contribution in [2.24, 2.45) is 0 Å². The summed E-state index contributed by atoms with van der Waals surface area (Å²) in [7, 11) is 1.53. The molecule has 2 heterocycles. The fourth-order valence-corrected chi connectivity index (χ4v) is 3.75. The fraction of sp³-hybridized carbons (Fsp3) is 0.143. The van der Waals surface area contributed by atoms with E-state index in [0.717, 1.165) is 11.1 Å². The van der Waals surface area contributed by atoms with Crippen molar-refractivity contribution < 1.29 is 14.1 Å². The van der Waals surface area contributed by atoms with Gasteiger partial charge in [-0.3, -0.25) is 10.1 Å². The molecule has 0 saturated carbocycles. The highest BCUT2D eigenvalue weighted by Gasteiger charge is 2.19. The smallest absolute Gasteiger partial charge is 0.270 e. The zero-order valence-corrected chi connectivity index (χ0v) is 16.9. The number of para-hydroxylation sites is 1. The Morgan fingerprint density at radius 2 is 1.93 bits per heavy atom. The van der Waals surface area contributed by atoms with E-state index in [1.54, 1.807) is 18.2 Å². The van der Waals surface area contributed by atoms with Crippen LogP contribution in [0.2, 0.25) is 0 Å². The van der Waals surface area contributed by atoms with Gasteiger partial charge in [-0.1, -0.05) is 52.4 Å². The lowest BCUT2D eigenvalue weighted by molar-refractivity contribution is 0.102. The van der Waals surface area contributed by atoms with Crippen LogP contribution in [0.25, 0.3) is 22.2 Å². The molecule has 0 radical (unpaired) electrons. The van der Waals surface area contributed by atoms with Gasteiger partial charge in [-0.15, -0.1) is 0 Å². The number of aryl methyl sites for hydroxylation is 2. The minimum absolute atomic E-state index is 0.297. The number of hydrogen-bond donors (Lipinski definition) is 1. The zero-order chi connectivity index (χ0) is 20.4. The highest BCUT2D eigenvalue weighted by Crippen LogP contribution is 2.33. The molecular formula is C21H18N4O3S. The van der Waals surface area contributed by atoms with Crippen molar-refractivity contribution in [2.75, 3.05) is 12.4 Å². The van der Waals surface area contributed by atoms with E-state index in [2.05, 4.69) is 20.4 Å². The predicted octanol–water partition coefficient (Wildman–Crippen LogP) is 4.74.